The fraction of sp³-hybridized carbons (Fsp3) is 0.600. The third-order valence-corrected chi connectivity index (χ3v) is 2.88. The number of nitrogens with one attached hydrogen (secondary N) is 1. The van der Waals surface area contributed by atoms with Crippen LogP contribution in [0.4, 0.5) is 0 Å². The van der Waals surface area contributed by atoms with E-state index in [1.54, 1.807) is 11.3 Å². The number of aryl methyl sites for hydroxylation is 1. The van der Waals surface area contributed by atoms with E-state index in [2.05, 4.69) is 12.2 Å². The quantitative estimate of drug-likeness (QED) is 0.712. The van der Waals surface area contributed by atoms with E-state index in [9.17, 15) is 5.11 Å². The standard InChI is InChI=1S/C10H17NOS/c1-3-5-11-7-10(12)9-4-6-13-8(9)2/h4,6,10-12H,3,5,7H2,1-2H3. The molecule has 1 atom stereocenters. The average Bonchev–Trinajstić information content (AvgIpc) is 2.52. The Bertz CT molecular complexity index is 247. The SMILES string of the molecule is CCCNCC(O)c1ccsc1C. The minimum Gasteiger partial charge on any atom is -0.387 e. The smallest absolute Gasteiger partial charge is 0.0924 e. The molecular weight excluding hydrogens is 182 g/mol. The maximum Gasteiger partial charge on any atom is 0.0924 e. The number of thiophene rings is 1. The number of hydrogen-bond donors (Lipinski definition) is 2. The zero-order chi connectivity index (χ0) is 9.68. The first-order valence-corrected chi connectivity index (χ1v) is 5.56. The summed E-state index contributed by atoms with van der Waals surface area (Å²) in [5, 5.41) is 15.0. The zero-order valence-corrected chi connectivity index (χ0v) is 9.03. The van der Waals surface area contributed by atoms with Crippen molar-refractivity contribution < 1.29 is 5.11 Å². The van der Waals surface area contributed by atoms with Gasteiger partial charge in [-0.15, -0.1) is 11.3 Å². The second-order valence-corrected chi connectivity index (χ2v) is 4.27. The lowest BCUT2D eigenvalue weighted by atomic mass is 10.1. The number of aliphatic hydroxyl groups is 1. The normalized spacial score (nSPS) is 13.2. The Morgan fingerprint density at radius 1 is 1.62 bits per heavy atom. The fourth-order valence-corrected chi connectivity index (χ4v) is 2.02. The number of aliphatic hydroxyl groups excluding tert-OH is 1. The highest BCUT2D eigenvalue weighted by molar-refractivity contribution is 7.10. The molecule has 0 aliphatic rings. The molecule has 0 bridgehead atoms. The van der Waals surface area contributed by atoms with Crippen molar-refractivity contribution in [3.63, 3.8) is 0 Å². The van der Waals surface area contributed by atoms with Gasteiger partial charge in [-0.2, -0.15) is 0 Å². The predicted molar refractivity (Wildman–Crippen MR) is 57.2 cm³/mol. The van der Waals surface area contributed by atoms with E-state index >= 15 is 0 Å². The minimum atomic E-state index is -0.349. The summed E-state index contributed by atoms with van der Waals surface area (Å²) >= 11 is 1.68. The molecule has 0 amide bonds. The van der Waals surface area contributed by atoms with E-state index in [1.807, 2.05) is 18.4 Å². The molecule has 0 saturated carbocycles. The van der Waals surface area contributed by atoms with Crippen LogP contribution >= 0.6 is 11.3 Å². The van der Waals surface area contributed by atoms with Crippen LogP contribution in [0.1, 0.15) is 29.9 Å². The van der Waals surface area contributed by atoms with Crippen molar-refractivity contribution in [2.75, 3.05) is 13.1 Å². The van der Waals surface area contributed by atoms with Gasteiger partial charge < -0.3 is 10.4 Å². The maximum absolute atomic E-state index is 9.76. The monoisotopic (exact) mass is 199 g/mol. The first-order valence-electron chi connectivity index (χ1n) is 4.68. The van der Waals surface area contributed by atoms with E-state index in [0.29, 0.717) is 6.54 Å². The Morgan fingerprint density at radius 3 is 2.92 bits per heavy atom. The van der Waals surface area contributed by atoms with Crippen LogP contribution in [-0.2, 0) is 0 Å². The van der Waals surface area contributed by atoms with Gasteiger partial charge in [0.1, 0.15) is 0 Å². The maximum atomic E-state index is 9.76. The highest BCUT2D eigenvalue weighted by Gasteiger charge is 2.09. The molecule has 74 valence electrons. The lowest BCUT2D eigenvalue weighted by Crippen LogP contribution is -2.22. The summed E-state index contributed by atoms with van der Waals surface area (Å²) in [6.07, 6.45) is 0.757. The molecule has 0 aromatic carbocycles. The van der Waals surface area contributed by atoms with Crippen LogP contribution in [0.3, 0.4) is 0 Å². The lowest BCUT2D eigenvalue weighted by Gasteiger charge is -2.10. The van der Waals surface area contributed by atoms with Gasteiger partial charge in [-0.25, -0.2) is 0 Å². The third kappa shape index (κ3) is 3.10. The molecule has 0 aliphatic heterocycles. The van der Waals surface area contributed by atoms with E-state index in [-0.39, 0.29) is 6.10 Å². The van der Waals surface area contributed by atoms with E-state index in [1.165, 1.54) is 4.88 Å². The summed E-state index contributed by atoms with van der Waals surface area (Å²) in [6, 6.07) is 2.00. The minimum absolute atomic E-state index is 0.349. The fourth-order valence-electron chi connectivity index (χ4n) is 1.27. The van der Waals surface area contributed by atoms with Crippen molar-refractivity contribution >= 4 is 11.3 Å². The van der Waals surface area contributed by atoms with Gasteiger partial charge in [0.25, 0.3) is 0 Å². The second-order valence-electron chi connectivity index (χ2n) is 3.15. The van der Waals surface area contributed by atoms with E-state index in [0.717, 1.165) is 18.5 Å². The van der Waals surface area contributed by atoms with Crippen molar-refractivity contribution in [3.05, 3.63) is 21.9 Å². The predicted octanol–water partition coefficient (Wildman–Crippen LogP) is 2.09. The van der Waals surface area contributed by atoms with Crippen molar-refractivity contribution in [2.24, 2.45) is 0 Å². The molecule has 0 fully saturated rings. The highest BCUT2D eigenvalue weighted by atomic mass is 32.1. The van der Waals surface area contributed by atoms with Crippen LogP contribution in [0.2, 0.25) is 0 Å². The van der Waals surface area contributed by atoms with Gasteiger partial charge in [-0.05, 0) is 36.9 Å². The van der Waals surface area contributed by atoms with Crippen LogP contribution in [0, 0.1) is 6.92 Å². The zero-order valence-electron chi connectivity index (χ0n) is 8.21. The molecule has 0 aliphatic carbocycles. The molecule has 13 heavy (non-hydrogen) atoms. The van der Waals surface area contributed by atoms with Crippen molar-refractivity contribution in [3.8, 4) is 0 Å². The molecular formula is C10H17NOS. The molecule has 1 unspecified atom stereocenters. The van der Waals surface area contributed by atoms with E-state index in [4.69, 9.17) is 0 Å². The Kier molecular flexibility index (Phi) is 4.42. The Labute approximate surface area is 83.6 Å². The summed E-state index contributed by atoms with van der Waals surface area (Å²) in [6.45, 7) is 5.80. The molecule has 1 aromatic rings. The lowest BCUT2D eigenvalue weighted by molar-refractivity contribution is 0.175. The average molecular weight is 199 g/mol. The number of rotatable bonds is 5. The molecule has 1 heterocycles. The second kappa shape index (κ2) is 5.37. The van der Waals surface area contributed by atoms with Crippen molar-refractivity contribution in [2.45, 2.75) is 26.4 Å². The molecule has 0 spiro atoms. The van der Waals surface area contributed by atoms with Gasteiger partial charge >= 0.3 is 0 Å². The van der Waals surface area contributed by atoms with Gasteiger partial charge in [0.05, 0.1) is 6.10 Å². The number of hydrogen-bond acceptors (Lipinski definition) is 3. The molecule has 0 saturated heterocycles. The molecule has 2 nitrogen and oxygen atoms in total. The first kappa shape index (κ1) is 10.7. The first-order chi connectivity index (χ1) is 6.25. The Balaban J connectivity index is 2.39. The van der Waals surface area contributed by atoms with E-state index < -0.39 is 0 Å². The molecule has 1 aromatic heterocycles. The van der Waals surface area contributed by atoms with Crippen LogP contribution in [0.15, 0.2) is 11.4 Å². The topological polar surface area (TPSA) is 32.3 Å². The van der Waals surface area contributed by atoms with Crippen LogP contribution in [0.25, 0.3) is 0 Å². The summed E-state index contributed by atoms with van der Waals surface area (Å²) < 4.78 is 0. The molecule has 3 heteroatoms. The molecule has 0 radical (unpaired) electrons. The van der Waals surface area contributed by atoms with Gasteiger partial charge in [-0.1, -0.05) is 6.92 Å². The van der Waals surface area contributed by atoms with Gasteiger partial charge in [0.2, 0.25) is 0 Å². The van der Waals surface area contributed by atoms with Gasteiger partial charge in [0, 0.05) is 11.4 Å². The van der Waals surface area contributed by atoms with Crippen LogP contribution < -0.4 is 5.32 Å². The summed E-state index contributed by atoms with van der Waals surface area (Å²) in [5.41, 5.74) is 1.06. The van der Waals surface area contributed by atoms with Crippen molar-refractivity contribution in [1.29, 1.82) is 0 Å². The molecule has 2 N–H and O–H groups in total. The van der Waals surface area contributed by atoms with Crippen molar-refractivity contribution in [1.82, 2.24) is 5.32 Å². The Hall–Kier alpha value is -0.380. The van der Waals surface area contributed by atoms with Gasteiger partial charge in [-0.3, -0.25) is 0 Å². The van der Waals surface area contributed by atoms with Crippen LogP contribution in [-0.4, -0.2) is 18.2 Å². The highest BCUT2D eigenvalue weighted by Crippen LogP contribution is 2.21. The van der Waals surface area contributed by atoms with Crippen LogP contribution in [0.5, 0.6) is 0 Å². The third-order valence-electron chi connectivity index (χ3n) is 2.02. The largest absolute Gasteiger partial charge is 0.387 e. The van der Waals surface area contributed by atoms with Gasteiger partial charge in [0.15, 0.2) is 0 Å². The Morgan fingerprint density at radius 2 is 2.38 bits per heavy atom. The summed E-state index contributed by atoms with van der Waals surface area (Å²) in [5.74, 6) is 0. The summed E-state index contributed by atoms with van der Waals surface area (Å²) in [4.78, 5) is 1.21. The summed E-state index contributed by atoms with van der Waals surface area (Å²) in [7, 11) is 0. The molecule has 1 rings (SSSR count).